The van der Waals surface area contributed by atoms with Gasteiger partial charge in [-0.05, 0) is 45.4 Å². The first-order chi connectivity index (χ1) is 10.9. The molecule has 1 aliphatic heterocycles. The molecule has 1 saturated heterocycles. The number of anilines is 1. The molecule has 23 heavy (non-hydrogen) atoms. The molecule has 2 N–H and O–H groups in total. The summed E-state index contributed by atoms with van der Waals surface area (Å²) in [5.74, 6) is 1.81. The number of nitrogens with one attached hydrogen (secondary N) is 2. The summed E-state index contributed by atoms with van der Waals surface area (Å²) in [6.07, 6.45) is 2.12. The minimum absolute atomic E-state index is 0.0187. The van der Waals surface area contributed by atoms with Gasteiger partial charge in [-0.2, -0.15) is 0 Å². The molecule has 0 amide bonds. The van der Waals surface area contributed by atoms with Crippen LogP contribution in [0.5, 0.6) is 0 Å². The average Bonchev–Trinajstić information content (AvgIpc) is 2.50. The molecule has 1 aromatic rings. The Bertz CT molecular complexity index is 538. The third-order valence-corrected chi connectivity index (χ3v) is 3.55. The zero-order chi connectivity index (χ0) is 16.9. The topological polar surface area (TPSA) is 61.8 Å². The molecule has 0 radical (unpaired) electrons. The van der Waals surface area contributed by atoms with Crippen molar-refractivity contribution in [1.29, 1.82) is 0 Å². The Balaban J connectivity index is 1.97. The molecule has 2 rings (SSSR count). The van der Waals surface area contributed by atoms with Crippen LogP contribution >= 0.6 is 0 Å². The summed E-state index contributed by atoms with van der Waals surface area (Å²) >= 11 is 0. The summed E-state index contributed by atoms with van der Waals surface area (Å²) in [5, 5.41) is 6.71. The van der Waals surface area contributed by atoms with Crippen molar-refractivity contribution in [2.75, 3.05) is 31.6 Å². The van der Waals surface area contributed by atoms with Gasteiger partial charge in [-0.25, -0.2) is 4.98 Å². The van der Waals surface area contributed by atoms with Crippen LogP contribution in [0.2, 0.25) is 0 Å². The van der Waals surface area contributed by atoms with Crippen molar-refractivity contribution in [2.45, 2.75) is 45.9 Å². The van der Waals surface area contributed by atoms with E-state index in [-0.39, 0.29) is 11.6 Å². The van der Waals surface area contributed by atoms with E-state index in [0.29, 0.717) is 6.54 Å². The molecule has 1 unspecified atom stereocenters. The number of hydrogen-bond acceptors (Lipinski definition) is 4. The highest BCUT2D eigenvalue weighted by atomic mass is 16.5. The van der Waals surface area contributed by atoms with Crippen molar-refractivity contribution in [3.8, 4) is 0 Å². The van der Waals surface area contributed by atoms with Crippen molar-refractivity contribution >= 4 is 11.8 Å². The van der Waals surface area contributed by atoms with Crippen molar-refractivity contribution < 1.29 is 4.74 Å². The number of pyridine rings is 1. The number of guanidine groups is 1. The molecule has 2 heterocycles. The van der Waals surface area contributed by atoms with E-state index < -0.39 is 0 Å². The van der Waals surface area contributed by atoms with Crippen molar-refractivity contribution in [1.82, 2.24) is 15.6 Å². The fourth-order valence-electron chi connectivity index (χ4n) is 2.49. The molecular formula is C17H29N5O. The van der Waals surface area contributed by atoms with E-state index >= 15 is 0 Å². The third-order valence-electron chi connectivity index (χ3n) is 3.55. The lowest BCUT2D eigenvalue weighted by molar-refractivity contribution is 0.0529. The molecule has 0 saturated carbocycles. The number of nitrogens with zero attached hydrogens (tertiary/aromatic N) is 3. The predicted molar refractivity (Wildman–Crippen MR) is 95.0 cm³/mol. The van der Waals surface area contributed by atoms with E-state index in [2.05, 4.69) is 59.3 Å². The summed E-state index contributed by atoms with van der Waals surface area (Å²) in [6, 6.07) is 4.17. The molecule has 0 aromatic carbocycles. The van der Waals surface area contributed by atoms with Gasteiger partial charge in [-0.3, -0.25) is 4.99 Å². The molecule has 0 spiro atoms. The van der Waals surface area contributed by atoms with Gasteiger partial charge in [0.25, 0.3) is 0 Å². The van der Waals surface area contributed by atoms with Crippen LogP contribution in [-0.4, -0.2) is 49.3 Å². The normalized spacial score (nSPS) is 19.6. The maximum absolute atomic E-state index is 5.59. The molecule has 6 nitrogen and oxygen atoms in total. The molecule has 1 aliphatic rings. The smallest absolute Gasteiger partial charge is 0.191 e. The maximum Gasteiger partial charge on any atom is 0.191 e. The number of ether oxygens (including phenoxy) is 1. The van der Waals surface area contributed by atoms with Crippen LogP contribution in [0.4, 0.5) is 5.82 Å². The van der Waals surface area contributed by atoms with Gasteiger partial charge in [0, 0.05) is 38.4 Å². The Morgan fingerprint density at radius 2 is 2.26 bits per heavy atom. The molecule has 6 heteroatoms. The van der Waals surface area contributed by atoms with Gasteiger partial charge < -0.3 is 20.3 Å². The fourth-order valence-corrected chi connectivity index (χ4v) is 2.49. The van der Waals surface area contributed by atoms with Gasteiger partial charge in [-0.15, -0.1) is 0 Å². The highest BCUT2D eigenvalue weighted by Gasteiger charge is 2.18. The second kappa shape index (κ2) is 7.64. The van der Waals surface area contributed by atoms with Gasteiger partial charge in [0.2, 0.25) is 0 Å². The van der Waals surface area contributed by atoms with E-state index in [4.69, 9.17) is 4.74 Å². The minimum atomic E-state index is -0.0187. The summed E-state index contributed by atoms with van der Waals surface area (Å²) in [4.78, 5) is 11.0. The van der Waals surface area contributed by atoms with Crippen LogP contribution in [0.15, 0.2) is 23.3 Å². The van der Waals surface area contributed by atoms with E-state index in [1.165, 1.54) is 5.56 Å². The molecule has 128 valence electrons. The molecular weight excluding hydrogens is 290 g/mol. The monoisotopic (exact) mass is 319 g/mol. The fraction of sp³-hybridized carbons (Fsp3) is 0.647. The van der Waals surface area contributed by atoms with Crippen molar-refractivity contribution in [3.05, 3.63) is 23.9 Å². The standard InChI is InChI=1S/C17H29N5O/c1-13-12-22(8-9-23-13)15-10-14(6-7-19-15)11-20-16(18-5)21-17(2,3)4/h6-7,10,13H,8-9,11-12H2,1-5H3,(H2,18,20,21). The summed E-state index contributed by atoms with van der Waals surface area (Å²) < 4.78 is 5.59. The largest absolute Gasteiger partial charge is 0.375 e. The number of morpholine rings is 1. The summed E-state index contributed by atoms with van der Waals surface area (Å²) in [5.41, 5.74) is 1.17. The number of aromatic nitrogens is 1. The van der Waals surface area contributed by atoms with Gasteiger partial charge in [0.1, 0.15) is 5.82 Å². The third kappa shape index (κ3) is 5.71. The van der Waals surface area contributed by atoms with Crippen LogP contribution in [0, 0.1) is 0 Å². The average molecular weight is 319 g/mol. The van der Waals surface area contributed by atoms with Crippen molar-refractivity contribution in [3.63, 3.8) is 0 Å². The van der Waals surface area contributed by atoms with Crippen LogP contribution in [0.3, 0.4) is 0 Å². The summed E-state index contributed by atoms with van der Waals surface area (Å²) in [6.45, 7) is 11.7. The van der Waals surface area contributed by atoms with Gasteiger partial charge in [-0.1, -0.05) is 0 Å². The zero-order valence-corrected chi connectivity index (χ0v) is 14.9. The lowest BCUT2D eigenvalue weighted by atomic mass is 10.1. The van der Waals surface area contributed by atoms with Crippen LogP contribution in [0.25, 0.3) is 0 Å². The predicted octanol–water partition coefficient (Wildman–Crippen LogP) is 1.77. The molecule has 1 aromatic heterocycles. The van der Waals surface area contributed by atoms with Crippen LogP contribution in [-0.2, 0) is 11.3 Å². The number of rotatable bonds is 3. The van der Waals surface area contributed by atoms with Crippen LogP contribution in [0.1, 0.15) is 33.3 Å². The highest BCUT2D eigenvalue weighted by molar-refractivity contribution is 5.80. The second-order valence-corrected chi connectivity index (χ2v) is 6.95. The maximum atomic E-state index is 5.59. The lowest BCUT2D eigenvalue weighted by Crippen LogP contribution is -2.47. The lowest BCUT2D eigenvalue weighted by Gasteiger charge is -2.32. The minimum Gasteiger partial charge on any atom is -0.375 e. The van der Waals surface area contributed by atoms with Crippen molar-refractivity contribution in [2.24, 2.45) is 4.99 Å². The Morgan fingerprint density at radius 3 is 2.91 bits per heavy atom. The highest BCUT2D eigenvalue weighted by Crippen LogP contribution is 2.16. The second-order valence-electron chi connectivity index (χ2n) is 6.95. The molecule has 0 bridgehead atoms. The van der Waals surface area contributed by atoms with Gasteiger partial charge >= 0.3 is 0 Å². The zero-order valence-electron chi connectivity index (χ0n) is 14.9. The number of hydrogen-bond donors (Lipinski definition) is 2. The quantitative estimate of drug-likeness (QED) is 0.657. The summed E-state index contributed by atoms with van der Waals surface area (Å²) in [7, 11) is 1.79. The Labute approximate surface area is 139 Å². The van der Waals surface area contributed by atoms with Gasteiger partial charge in [0.05, 0.1) is 12.7 Å². The van der Waals surface area contributed by atoms with E-state index in [9.17, 15) is 0 Å². The number of aliphatic imine (C=N–C) groups is 1. The molecule has 1 atom stereocenters. The van der Waals surface area contributed by atoms with E-state index in [0.717, 1.165) is 31.5 Å². The molecule has 0 aliphatic carbocycles. The van der Waals surface area contributed by atoms with E-state index in [1.807, 2.05) is 12.3 Å². The SMILES string of the molecule is CN=C(NCc1ccnc(N2CCOC(C)C2)c1)NC(C)(C)C. The Kier molecular flexibility index (Phi) is 5.82. The molecule has 1 fully saturated rings. The van der Waals surface area contributed by atoms with E-state index in [1.54, 1.807) is 7.05 Å². The first-order valence-corrected chi connectivity index (χ1v) is 8.18. The Hall–Kier alpha value is -1.82. The van der Waals surface area contributed by atoms with Gasteiger partial charge in [0.15, 0.2) is 5.96 Å². The first-order valence-electron chi connectivity index (χ1n) is 8.18. The Morgan fingerprint density at radius 1 is 1.48 bits per heavy atom. The first kappa shape index (κ1) is 17.5. The van der Waals surface area contributed by atoms with Crippen LogP contribution < -0.4 is 15.5 Å².